The standard InChI is InChI=1S/C25H32N2O3S/c1-17(2)14-26(25(29)19-6-7-19)15-24(28)27-12-10-23-21(11-13-31-23)22(27)16-30-20-8-4-18(3)5-9-20/h4-5,8-9,11,13,17,19,22H,6-7,10,12,14-16H2,1-3H3/t22-/m1/s1. The Hall–Kier alpha value is -2.34. The highest BCUT2D eigenvalue weighted by molar-refractivity contribution is 7.10. The van der Waals surface area contributed by atoms with Gasteiger partial charge in [-0.1, -0.05) is 31.5 Å². The van der Waals surface area contributed by atoms with E-state index in [4.69, 9.17) is 4.74 Å². The van der Waals surface area contributed by atoms with Crippen molar-refractivity contribution in [3.05, 3.63) is 51.7 Å². The van der Waals surface area contributed by atoms with Crippen LogP contribution in [-0.4, -0.2) is 47.9 Å². The third-order valence-electron chi connectivity index (χ3n) is 5.99. The molecule has 0 N–H and O–H groups in total. The first-order valence-electron chi connectivity index (χ1n) is 11.3. The summed E-state index contributed by atoms with van der Waals surface area (Å²) in [7, 11) is 0. The van der Waals surface area contributed by atoms with Crippen molar-refractivity contribution in [1.82, 2.24) is 9.80 Å². The summed E-state index contributed by atoms with van der Waals surface area (Å²) in [6.07, 6.45) is 2.77. The van der Waals surface area contributed by atoms with E-state index in [9.17, 15) is 9.59 Å². The molecule has 1 saturated carbocycles. The lowest BCUT2D eigenvalue weighted by atomic mass is 10.00. The van der Waals surface area contributed by atoms with Crippen LogP contribution in [0.25, 0.3) is 0 Å². The third kappa shape index (κ3) is 5.29. The van der Waals surface area contributed by atoms with Gasteiger partial charge in [-0.3, -0.25) is 9.59 Å². The lowest BCUT2D eigenvalue weighted by molar-refractivity contribution is -0.143. The maximum absolute atomic E-state index is 13.4. The van der Waals surface area contributed by atoms with Crippen molar-refractivity contribution in [3.63, 3.8) is 0 Å². The van der Waals surface area contributed by atoms with Gasteiger partial charge in [-0.25, -0.2) is 0 Å². The number of benzene rings is 1. The predicted octanol–water partition coefficient (Wildman–Crippen LogP) is 4.46. The Morgan fingerprint density at radius 2 is 1.94 bits per heavy atom. The maximum atomic E-state index is 13.4. The molecule has 166 valence electrons. The Bertz CT molecular complexity index is 917. The molecule has 2 aromatic rings. The first kappa shape index (κ1) is 21.9. The quantitative estimate of drug-likeness (QED) is 0.609. The summed E-state index contributed by atoms with van der Waals surface area (Å²) in [6.45, 7) is 8.11. The van der Waals surface area contributed by atoms with E-state index in [2.05, 4.69) is 32.2 Å². The van der Waals surface area contributed by atoms with Gasteiger partial charge in [-0.2, -0.15) is 0 Å². The molecule has 31 heavy (non-hydrogen) atoms. The van der Waals surface area contributed by atoms with E-state index in [1.165, 1.54) is 16.0 Å². The zero-order chi connectivity index (χ0) is 22.0. The summed E-state index contributed by atoms with van der Waals surface area (Å²) < 4.78 is 6.10. The minimum atomic E-state index is -0.124. The van der Waals surface area contributed by atoms with Gasteiger partial charge in [0.15, 0.2) is 0 Å². The van der Waals surface area contributed by atoms with Gasteiger partial charge in [0.1, 0.15) is 12.4 Å². The molecule has 1 fully saturated rings. The molecule has 4 rings (SSSR count). The Morgan fingerprint density at radius 1 is 1.19 bits per heavy atom. The van der Waals surface area contributed by atoms with Crippen LogP contribution in [0, 0.1) is 18.8 Å². The van der Waals surface area contributed by atoms with E-state index in [1.54, 1.807) is 16.2 Å². The topological polar surface area (TPSA) is 49.9 Å². The van der Waals surface area contributed by atoms with Crippen molar-refractivity contribution < 1.29 is 14.3 Å². The van der Waals surface area contributed by atoms with Gasteiger partial charge in [0.25, 0.3) is 0 Å². The summed E-state index contributed by atoms with van der Waals surface area (Å²) in [5.74, 6) is 1.43. The Kier molecular flexibility index (Phi) is 6.65. The van der Waals surface area contributed by atoms with E-state index in [0.29, 0.717) is 25.6 Å². The Balaban J connectivity index is 1.49. The smallest absolute Gasteiger partial charge is 0.242 e. The highest BCUT2D eigenvalue weighted by Gasteiger charge is 2.37. The average Bonchev–Trinajstić information content (AvgIpc) is 3.48. The van der Waals surface area contributed by atoms with Gasteiger partial charge in [0, 0.05) is 23.9 Å². The summed E-state index contributed by atoms with van der Waals surface area (Å²) >= 11 is 1.75. The lowest BCUT2D eigenvalue weighted by Crippen LogP contribution is -2.48. The minimum Gasteiger partial charge on any atom is -0.491 e. The fourth-order valence-corrected chi connectivity index (χ4v) is 5.13. The fraction of sp³-hybridized carbons (Fsp3) is 0.520. The lowest BCUT2D eigenvalue weighted by Gasteiger charge is -2.37. The number of rotatable bonds is 8. The fourth-order valence-electron chi connectivity index (χ4n) is 4.20. The second-order valence-corrected chi connectivity index (χ2v) is 10.2. The number of aryl methyl sites for hydroxylation is 1. The zero-order valence-corrected chi connectivity index (χ0v) is 19.5. The van der Waals surface area contributed by atoms with Crippen LogP contribution < -0.4 is 4.74 Å². The molecule has 5 nitrogen and oxygen atoms in total. The van der Waals surface area contributed by atoms with Crippen molar-refractivity contribution in [1.29, 1.82) is 0 Å². The molecule has 1 atom stereocenters. The molecule has 1 aromatic carbocycles. The second-order valence-electron chi connectivity index (χ2n) is 9.16. The highest BCUT2D eigenvalue weighted by atomic mass is 32.1. The van der Waals surface area contributed by atoms with Crippen LogP contribution in [0.15, 0.2) is 35.7 Å². The van der Waals surface area contributed by atoms with Gasteiger partial charge in [-0.15, -0.1) is 11.3 Å². The van der Waals surface area contributed by atoms with E-state index in [-0.39, 0.29) is 30.3 Å². The summed E-state index contributed by atoms with van der Waals surface area (Å²) in [6, 6.07) is 9.99. The van der Waals surface area contributed by atoms with Gasteiger partial charge in [0.05, 0.1) is 12.6 Å². The largest absolute Gasteiger partial charge is 0.491 e. The predicted molar refractivity (Wildman–Crippen MR) is 123 cm³/mol. The minimum absolute atomic E-state index is 0.0176. The molecule has 0 saturated heterocycles. The van der Waals surface area contributed by atoms with Crippen molar-refractivity contribution in [2.45, 2.75) is 46.1 Å². The van der Waals surface area contributed by atoms with Gasteiger partial charge in [-0.05, 0) is 61.2 Å². The molecule has 1 aromatic heterocycles. The highest BCUT2D eigenvalue weighted by Crippen LogP contribution is 2.35. The number of nitrogens with zero attached hydrogens (tertiary/aromatic N) is 2. The van der Waals surface area contributed by atoms with Crippen molar-refractivity contribution in [2.24, 2.45) is 11.8 Å². The van der Waals surface area contributed by atoms with Gasteiger partial charge < -0.3 is 14.5 Å². The molecule has 0 bridgehead atoms. The Labute approximate surface area is 189 Å². The molecule has 1 aliphatic heterocycles. The molecule has 2 amide bonds. The van der Waals surface area contributed by atoms with Crippen LogP contribution in [-0.2, 0) is 16.0 Å². The molecule has 2 aliphatic rings. The second kappa shape index (κ2) is 9.43. The number of carbonyl (C=O) groups is 2. The van der Waals surface area contributed by atoms with E-state index >= 15 is 0 Å². The molecular weight excluding hydrogens is 408 g/mol. The van der Waals surface area contributed by atoms with Crippen molar-refractivity contribution >= 4 is 23.2 Å². The van der Waals surface area contributed by atoms with Crippen molar-refractivity contribution in [3.8, 4) is 5.75 Å². The molecule has 0 radical (unpaired) electrons. The molecule has 6 heteroatoms. The third-order valence-corrected chi connectivity index (χ3v) is 6.99. The number of hydrogen-bond acceptors (Lipinski definition) is 4. The van der Waals surface area contributed by atoms with Crippen LogP contribution in [0.4, 0.5) is 0 Å². The number of amides is 2. The SMILES string of the molecule is Cc1ccc(OC[C@@H]2c3ccsc3CCN2C(=O)CN(CC(C)C)C(=O)C2CC2)cc1. The van der Waals surface area contributed by atoms with Crippen LogP contribution in [0.5, 0.6) is 5.75 Å². The van der Waals surface area contributed by atoms with Gasteiger partial charge in [0.2, 0.25) is 11.8 Å². The number of thiophene rings is 1. The Morgan fingerprint density at radius 3 is 2.61 bits per heavy atom. The normalized spacial score (nSPS) is 18.1. The molecular formula is C25H32N2O3S. The number of ether oxygens (including phenoxy) is 1. The van der Waals surface area contributed by atoms with Crippen molar-refractivity contribution in [2.75, 3.05) is 26.2 Å². The number of carbonyl (C=O) groups excluding carboxylic acids is 2. The van der Waals surface area contributed by atoms with Crippen LogP contribution in [0.3, 0.4) is 0 Å². The monoisotopic (exact) mass is 440 g/mol. The molecule has 2 heterocycles. The van der Waals surface area contributed by atoms with Gasteiger partial charge >= 0.3 is 0 Å². The number of fused-ring (bicyclic) bond motifs is 1. The van der Waals surface area contributed by atoms with Crippen LogP contribution in [0.1, 0.15) is 48.7 Å². The first-order valence-corrected chi connectivity index (χ1v) is 12.1. The maximum Gasteiger partial charge on any atom is 0.242 e. The molecule has 0 spiro atoms. The van der Waals surface area contributed by atoms with Crippen LogP contribution >= 0.6 is 11.3 Å². The summed E-state index contributed by atoms with van der Waals surface area (Å²) in [5.41, 5.74) is 2.37. The summed E-state index contributed by atoms with van der Waals surface area (Å²) in [5, 5.41) is 2.10. The van der Waals surface area contributed by atoms with E-state index in [0.717, 1.165) is 25.0 Å². The molecule has 0 unspecified atom stereocenters. The summed E-state index contributed by atoms with van der Waals surface area (Å²) in [4.78, 5) is 31.2. The zero-order valence-electron chi connectivity index (χ0n) is 18.7. The van der Waals surface area contributed by atoms with E-state index in [1.807, 2.05) is 29.2 Å². The average molecular weight is 441 g/mol. The molecule has 1 aliphatic carbocycles. The van der Waals surface area contributed by atoms with E-state index < -0.39 is 0 Å². The van der Waals surface area contributed by atoms with Crippen LogP contribution in [0.2, 0.25) is 0 Å². The first-order chi connectivity index (χ1) is 14.9. The number of hydrogen-bond donors (Lipinski definition) is 0.